The number of rotatable bonds is 6. The Bertz CT molecular complexity index is 560. The summed E-state index contributed by atoms with van der Waals surface area (Å²) in [5.74, 6) is 0.629. The smallest absolute Gasteiger partial charge is 0.245 e. The molecule has 130 valence electrons. The van der Waals surface area contributed by atoms with Crippen molar-refractivity contribution in [1.29, 1.82) is 0 Å². The highest BCUT2D eigenvalue weighted by molar-refractivity contribution is 5.87. The second kappa shape index (κ2) is 8.67. The summed E-state index contributed by atoms with van der Waals surface area (Å²) in [7, 11) is 0. The fourth-order valence-electron chi connectivity index (χ4n) is 3.21. The van der Waals surface area contributed by atoms with Gasteiger partial charge in [-0.25, -0.2) is 0 Å². The second-order valence-corrected chi connectivity index (χ2v) is 6.90. The lowest BCUT2D eigenvalue weighted by molar-refractivity contribution is -0.140. The largest absolute Gasteiger partial charge is 0.339 e. The Morgan fingerprint density at radius 3 is 2.42 bits per heavy atom. The first-order valence-electron chi connectivity index (χ1n) is 8.75. The standard InChI is InChI=1S/C20H28N2O2/c1-4-19(23)21-12-10-18(11-13-21)20(24)22(14-16(2)3)15-17-8-6-5-7-9-17/h4-9,16,18H,1,10-15H2,2-3H3. The minimum absolute atomic E-state index is 0.0151. The van der Waals surface area contributed by atoms with Gasteiger partial charge >= 0.3 is 0 Å². The van der Waals surface area contributed by atoms with Crippen LogP contribution in [0.3, 0.4) is 0 Å². The van der Waals surface area contributed by atoms with Crippen molar-refractivity contribution in [2.45, 2.75) is 33.2 Å². The summed E-state index contributed by atoms with van der Waals surface area (Å²) in [5, 5.41) is 0. The summed E-state index contributed by atoms with van der Waals surface area (Å²) in [6.45, 7) is 10.5. The lowest BCUT2D eigenvalue weighted by atomic mass is 9.94. The number of piperidine rings is 1. The van der Waals surface area contributed by atoms with Crippen molar-refractivity contribution in [2.24, 2.45) is 11.8 Å². The van der Waals surface area contributed by atoms with Crippen LogP contribution in [0.4, 0.5) is 0 Å². The van der Waals surface area contributed by atoms with Gasteiger partial charge in [0.1, 0.15) is 0 Å². The van der Waals surface area contributed by atoms with Gasteiger partial charge in [0.2, 0.25) is 11.8 Å². The summed E-state index contributed by atoms with van der Waals surface area (Å²) in [6.07, 6.45) is 2.83. The van der Waals surface area contributed by atoms with Crippen LogP contribution in [0.5, 0.6) is 0 Å². The summed E-state index contributed by atoms with van der Waals surface area (Å²) in [5.41, 5.74) is 1.16. The molecule has 0 spiro atoms. The van der Waals surface area contributed by atoms with Crippen LogP contribution < -0.4 is 0 Å². The van der Waals surface area contributed by atoms with E-state index in [1.165, 1.54) is 6.08 Å². The van der Waals surface area contributed by atoms with Crippen molar-refractivity contribution in [3.63, 3.8) is 0 Å². The van der Waals surface area contributed by atoms with Gasteiger partial charge in [0, 0.05) is 32.1 Å². The molecule has 2 rings (SSSR count). The maximum Gasteiger partial charge on any atom is 0.245 e. The van der Waals surface area contributed by atoms with Gasteiger partial charge in [-0.05, 0) is 30.4 Å². The molecule has 1 heterocycles. The molecule has 1 aliphatic rings. The number of amides is 2. The van der Waals surface area contributed by atoms with Crippen molar-refractivity contribution in [3.05, 3.63) is 48.6 Å². The first-order chi connectivity index (χ1) is 11.5. The zero-order chi connectivity index (χ0) is 17.5. The first-order valence-corrected chi connectivity index (χ1v) is 8.75. The van der Waals surface area contributed by atoms with Crippen LogP contribution in [0.15, 0.2) is 43.0 Å². The van der Waals surface area contributed by atoms with Crippen molar-refractivity contribution >= 4 is 11.8 Å². The molecule has 0 saturated carbocycles. The molecular weight excluding hydrogens is 300 g/mol. The average molecular weight is 328 g/mol. The van der Waals surface area contributed by atoms with E-state index in [4.69, 9.17) is 0 Å². The Hall–Kier alpha value is -2.10. The molecule has 0 unspecified atom stereocenters. The molecular formula is C20H28N2O2. The normalized spacial score (nSPS) is 15.4. The number of benzene rings is 1. The van der Waals surface area contributed by atoms with E-state index in [0.29, 0.717) is 25.6 Å². The molecule has 0 aromatic heterocycles. The van der Waals surface area contributed by atoms with Crippen LogP contribution in [0.25, 0.3) is 0 Å². The lowest BCUT2D eigenvalue weighted by Gasteiger charge is -2.34. The van der Waals surface area contributed by atoms with E-state index in [1.54, 1.807) is 4.90 Å². The zero-order valence-electron chi connectivity index (χ0n) is 14.8. The Kier molecular flexibility index (Phi) is 6.59. The van der Waals surface area contributed by atoms with Crippen LogP contribution in [0.2, 0.25) is 0 Å². The number of carbonyl (C=O) groups is 2. The molecule has 2 amide bonds. The predicted octanol–water partition coefficient (Wildman–Crippen LogP) is 3.10. The summed E-state index contributed by atoms with van der Waals surface area (Å²) < 4.78 is 0. The summed E-state index contributed by atoms with van der Waals surface area (Å²) in [4.78, 5) is 28.4. The van der Waals surface area contributed by atoms with E-state index in [1.807, 2.05) is 23.1 Å². The Balaban J connectivity index is 2.00. The summed E-state index contributed by atoms with van der Waals surface area (Å²) in [6, 6.07) is 10.1. The van der Waals surface area contributed by atoms with Gasteiger partial charge in [-0.15, -0.1) is 0 Å². The van der Waals surface area contributed by atoms with Crippen molar-refractivity contribution < 1.29 is 9.59 Å². The fraction of sp³-hybridized carbons (Fsp3) is 0.500. The Morgan fingerprint density at radius 2 is 1.88 bits per heavy atom. The van der Waals surface area contributed by atoms with Gasteiger partial charge < -0.3 is 9.80 Å². The quantitative estimate of drug-likeness (QED) is 0.753. The van der Waals surface area contributed by atoms with E-state index >= 15 is 0 Å². The lowest BCUT2D eigenvalue weighted by Crippen LogP contribution is -2.44. The Labute approximate surface area is 145 Å². The molecule has 1 aromatic carbocycles. The van der Waals surface area contributed by atoms with Gasteiger partial charge in [-0.2, -0.15) is 0 Å². The molecule has 1 aromatic rings. The fourth-order valence-corrected chi connectivity index (χ4v) is 3.21. The number of likely N-dealkylation sites (tertiary alicyclic amines) is 1. The van der Waals surface area contributed by atoms with Crippen LogP contribution >= 0.6 is 0 Å². The maximum absolute atomic E-state index is 13.0. The second-order valence-electron chi connectivity index (χ2n) is 6.90. The van der Waals surface area contributed by atoms with Crippen molar-refractivity contribution in [2.75, 3.05) is 19.6 Å². The molecule has 1 aliphatic heterocycles. The average Bonchev–Trinajstić information content (AvgIpc) is 2.60. The molecule has 1 saturated heterocycles. The Morgan fingerprint density at radius 1 is 1.25 bits per heavy atom. The molecule has 24 heavy (non-hydrogen) atoms. The van der Waals surface area contributed by atoms with E-state index in [9.17, 15) is 9.59 Å². The highest BCUT2D eigenvalue weighted by atomic mass is 16.2. The predicted molar refractivity (Wildman–Crippen MR) is 96.2 cm³/mol. The maximum atomic E-state index is 13.0. The van der Waals surface area contributed by atoms with E-state index in [-0.39, 0.29) is 17.7 Å². The molecule has 0 atom stereocenters. The first kappa shape index (κ1) is 18.2. The third kappa shape index (κ3) is 4.95. The SMILES string of the molecule is C=CC(=O)N1CCC(C(=O)N(Cc2ccccc2)CC(C)C)CC1. The van der Waals surface area contributed by atoms with Gasteiger partial charge in [-0.3, -0.25) is 9.59 Å². The number of hydrogen-bond acceptors (Lipinski definition) is 2. The molecule has 0 radical (unpaired) electrons. The summed E-state index contributed by atoms with van der Waals surface area (Å²) >= 11 is 0. The van der Waals surface area contributed by atoms with Crippen LogP contribution in [0, 0.1) is 11.8 Å². The van der Waals surface area contributed by atoms with E-state index in [0.717, 1.165) is 24.9 Å². The molecule has 0 aliphatic carbocycles. The zero-order valence-corrected chi connectivity index (χ0v) is 14.8. The minimum atomic E-state index is -0.0378. The molecule has 0 N–H and O–H groups in total. The van der Waals surface area contributed by atoms with Crippen molar-refractivity contribution in [3.8, 4) is 0 Å². The van der Waals surface area contributed by atoms with Crippen LogP contribution in [0.1, 0.15) is 32.3 Å². The van der Waals surface area contributed by atoms with Gasteiger partial charge in [-0.1, -0.05) is 50.8 Å². The molecule has 0 bridgehead atoms. The number of carbonyl (C=O) groups excluding carboxylic acids is 2. The third-order valence-corrected chi connectivity index (χ3v) is 4.44. The highest BCUT2D eigenvalue weighted by Gasteiger charge is 2.29. The molecule has 4 nitrogen and oxygen atoms in total. The van der Waals surface area contributed by atoms with Crippen LogP contribution in [-0.4, -0.2) is 41.2 Å². The third-order valence-electron chi connectivity index (χ3n) is 4.44. The van der Waals surface area contributed by atoms with E-state index < -0.39 is 0 Å². The van der Waals surface area contributed by atoms with Gasteiger partial charge in [0.05, 0.1) is 0 Å². The van der Waals surface area contributed by atoms with Gasteiger partial charge in [0.15, 0.2) is 0 Å². The van der Waals surface area contributed by atoms with E-state index in [2.05, 4.69) is 32.6 Å². The topological polar surface area (TPSA) is 40.6 Å². The van der Waals surface area contributed by atoms with Crippen LogP contribution in [-0.2, 0) is 16.1 Å². The van der Waals surface area contributed by atoms with Gasteiger partial charge in [0.25, 0.3) is 0 Å². The minimum Gasteiger partial charge on any atom is -0.339 e. The monoisotopic (exact) mass is 328 g/mol. The number of nitrogens with zero attached hydrogens (tertiary/aromatic N) is 2. The van der Waals surface area contributed by atoms with Crippen molar-refractivity contribution in [1.82, 2.24) is 9.80 Å². The number of hydrogen-bond donors (Lipinski definition) is 0. The molecule has 4 heteroatoms. The molecule has 1 fully saturated rings. The highest BCUT2D eigenvalue weighted by Crippen LogP contribution is 2.22.